The lowest BCUT2D eigenvalue weighted by molar-refractivity contribution is 0.654. The van der Waals surface area contributed by atoms with Crippen LogP contribution in [0.1, 0.15) is 5.69 Å². The van der Waals surface area contributed by atoms with E-state index in [9.17, 15) is 0 Å². The first kappa shape index (κ1) is 8.25. The molecule has 0 saturated heterocycles. The Hall–Kier alpha value is -1.36. The predicted octanol–water partition coefficient (Wildman–Crippen LogP) is 0.811. The van der Waals surface area contributed by atoms with E-state index in [1.165, 1.54) is 11.3 Å². The van der Waals surface area contributed by atoms with Crippen LogP contribution in [0.3, 0.4) is 0 Å². The fraction of sp³-hybridized carbons (Fsp3) is 0.250. The molecule has 2 aromatic heterocycles. The SMILES string of the molecule is Cn1nccc1Cn1ccsc1=N. The molecule has 0 aliphatic heterocycles. The molecule has 0 amide bonds. The van der Waals surface area contributed by atoms with Crippen LogP contribution in [0.15, 0.2) is 23.8 Å². The zero-order valence-corrected chi connectivity index (χ0v) is 8.08. The molecule has 0 aromatic carbocycles. The van der Waals surface area contributed by atoms with E-state index in [-0.39, 0.29) is 0 Å². The molecule has 2 heterocycles. The second-order valence-electron chi connectivity index (χ2n) is 2.78. The smallest absolute Gasteiger partial charge is 0.182 e. The number of thiazole rings is 1. The summed E-state index contributed by atoms with van der Waals surface area (Å²) in [5.74, 6) is 0. The maximum Gasteiger partial charge on any atom is 0.182 e. The third-order valence-corrected chi connectivity index (χ3v) is 2.65. The summed E-state index contributed by atoms with van der Waals surface area (Å²) in [6.07, 6.45) is 3.69. The Labute approximate surface area is 79.6 Å². The molecular weight excluding hydrogens is 184 g/mol. The van der Waals surface area contributed by atoms with Gasteiger partial charge in [0.15, 0.2) is 4.80 Å². The Balaban J connectivity index is 2.29. The van der Waals surface area contributed by atoms with Gasteiger partial charge in [0.2, 0.25) is 0 Å². The van der Waals surface area contributed by atoms with E-state index < -0.39 is 0 Å². The first-order chi connectivity index (χ1) is 6.27. The van der Waals surface area contributed by atoms with Gasteiger partial charge in [0.25, 0.3) is 0 Å². The highest BCUT2D eigenvalue weighted by Crippen LogP contribution is 1.99. The summed E-state index contributed by atoms with van der Waals surface area (Å²) in [7, 11) is 1.91. The predicted molar refractivity (Wildman–Crippen MR) is 50.5 cm³/mol. The van der Waals surface area contributed by atoms with Gasteiger partial charge in [0.1, 0.15) is 0 Å². The van der Waals surface area contributed by atoms with Crippen molar-refractivity contribution in [1.29, 1.82) is 5.41 Å². The topological polar surface area (TPSA) is 46.6 Å². The number of aromatic nitrogens is 3. The average molecular weight is 194 g/mol. The van der Waals surface area contributed by atoms with Gasteiger partial charge in [-0.05, 0) is 6.07 Å². The Bertz CT molecular complexity index is 450. The molecule has 2 rings (SSSR count). The first-order valence-electron chi connectivity index (χ1n) is 3.93. The van der Waals surface area contributed by atoms with Crippen LogP contribution in [0.5, 0.6) is 0 Å². The molecule has 13 heavy (non-hydrogen) atoms. The highest BCUT2D eigenvalue weighted by Gasteiger charge is 1.99. The van der Waals surface area contributed by atoms with Crippen molar-refractivity contribution in [3.05, 3.63) is 34.3 Å². The van der Waals surface area contributed by atoms with E-state index in [0.717, 1.165) is 12.2 Å². The number of nitrogens with one attached hydrogen (secondary N) is 1. The Morgan fingerprint density at radius 1 is 1.62 bits per heavy atom. The number of rotatable bonds is 2. The number of aryl methyl sites for hydroxylation is 1. The van der Waals surface area contributed by atoms with Crippen LogP contribution in [0, 0.1) is 5.41 Å². The normalized spacial score (nSPS) is 10.5. The van der Waals surface area contributed by atoms with Crippen molar-refractivity contribution >= 4 is 11.3 Å². The summed E-state index contributed by atoms with van der Waals surface area (Å²) in [5.41, 5.74) is 1.11. The first-order valence-corrected chi connectivity index (χ1v) is 4.81. The third kappa shape index (κ3) is 1.55. The van der Waals surface area contributed by atoms with E-state index in [4.69, 9.17) is 5.41 Å². The maximum absolute atomic E-state index is 7.58. The van der Waals surface area contributed by atoms with Gasteiger partial charge in [-0.2, -0.15) is 5.10 Å². The van der Waals surface area contributed by atoms with Gasteiger partial charge < -0.3 is 4.57 Å². The van der Waals surface area contributed by atoms with Crippen LogP contribution in [0.4, 0.5) is 0 Å². The van der Waals surface area contributed by atoms with Crippen molar-refractivity contribution in [1.82, 2.24) is 14.3 Å². The van der Waals surface area contributed by atoms with Crippen molar-refractivity contribution in [3.63, 3.8) is 0 Å². The molecule has 1 N–H and O–H groups in total. The van der Waals surface area contributed by atoms with Crippen molar-refractivity contribution in [3.8, 4) is 0 Å². The van der Waals surface area contributed by atoms with E-state index >= 15 is 0 Å². The van der Waals surface area contributed by atoms with Gasteiger partial charge in [0.05, 0.1) is 12.2 Å². The number of nitrogens with zero attached hydrogens (tertiary/aromatic N) is 3. The van der Waals surface area contributed by atoms with E-state index in [1.807, 2.05) is 33.9 Å². The van der Waals surface area contributed by atoms with Crippen LogP contribution in [0.25, 0.3) is 0 Å². The molecule has 2 aromatic rings. The molecular formula is C8H10N4S. The molecule has 0 aliphatic rings. The second-order valence-corrected chi connectivity index (χ2v) is 3.68. The largest absolute Gasteiger partial charge is 0.318 e. The summed E-state index contributed by atoms with van der Waals surface area (Å²) < 4.78 is 3.71. The fourth-order valence-corrected chi connectivity index (χ4v) is 1.76. The van der Waals surface area contributed by atoms with Crippen LogP contribution < -0.4 is 4.80 Å². The van der Waals surface area contributed by atoms with Gasteiger partial charge in [-0.1, -0.05) is 0 Å². The van der Waals surface area contributed by atoms with E-state index in [2.05, 4.69) is 5.10 Å². The number of hydrogen-bond acceptors (Lipinski definition) is 3. The molecule has 0 atom stereocenters. The van der Waals surface area contributed by atoms with Crippen LogP contribution in [-0.2, 0) is 13.6 Å². The van der Waals surface area contributed by atoms with Crippen molar-refractivity contribution in [2.45, 2.75) is 6.54 Å². The highest BCUT2D eigenvalue weighted by atomic mass is 32.1. The van der Waals surface area contributed by atoms with Gasteiger partial charge in [0, 0.05) is 24.8 Å². The lowest BCUT2D eigenvalue weighted by Gasteiger charge is -2.02. The Kier molecular flexibility index (Phi) is 2.02. The molecule has 4 nitrogen and oxygen atoms in total. The molecule has 0 radical (unpaired) electrons. The summed E-state index contributed by atoms with van der Waals surface area (Å²) in [6.45, 7) is 0.721. The van der Waals surface area contributed by atoms with Gasteiger partial charge in [-0.3, -0.25) is 10.1 Å². The summed E-state index contributed by atoms with van der Waals surface area (Å²) in [6, 6.07) is 1.96. The monoisotopic (exact) mass is 194 g/mol. The molecule has 5 heteroatoms. The zero-order chi connectivity index (χ0) is 9.26. The minimum atomic E-state index is 0.571. The third-order valence-electron chi connectivity index (χ3n) is 1.94. The van der Waals surface area contributed by atoms with Gasteiger partial charge in [-0.15, -0.1) is 11.3 Å². The molecule has 0 unspecified atom stereocenters. The number of hydrogen-bond donors (Lipinski definition) is 1. The van der Waals surface area contributed by atoms with Gasteiger partial charge >= 0.3 is 0 Å². The molecule has 0 saturated carbocycles. The van der Waals surface area contributed by atoms with Crippen LogP contribution in [-0.4, -0.2) is 14.3 Å². The molecule has 0 fully saturated rings. The summed E-state index contributed by atoms with van der Waals surface area (Å²) >= 11 is 1.43. The average Bonchev–Trinajstić information content (AvgIpc) is 2.65. The fourth-order valence-electron chi connectivity index (χ4n) is 1.16. The Morgan fingerprint density at radius 2 is 2.46 bits per heavy atom. The summed E-state index contributed by atoms with van der Waals surface area (Å²) in [5, 5.41) is 13.6. The zero-order valence-electron chi connectivity index (χ0n) is 7.27. The van der Waals surface area contributed by atoms with E-state index in [1.54, 1.807) is 6.20 Å². The molecule has 68 valence electrons. The lowest BCUT2D eigenvalue weighted by Crippen LogP contribution is -2.14. The Morgan fingerprint density at radius 3 is 3.00 bits per heavy atom. The van der Waals surface area contributed by atoms with Crippen LogP contribution in [0.2, 0.25) is 0 Å². The molecule has 0 aliphatic carbocycles. The van der Waals surface area contributed by atoms with Crippen molar-refractivity contribution < 1.29 is 0 Å². The summed E-state index contributed by atoms with van der Waals surface area (Å²) in [4.78, 5) is 0.571. The highest BCUT2D eigenvalue weighted by molar-refractivity contribution is 7.06. The van der Waals surface area contributed by atoms with Gasteiger partial charge in [-0.25, -0.2) is 0 Å². The minimum Gasteiger partial charge on any atom is -0.318 e. The molecule has 0 bridgehead atoms. The van der Waals surface area contributed by atoms with Crippen molar-refractivity contribution in [2.75, 3.05) is 0 Å². The maximum atomic E-state index is 7.58. The standard InChI is InChI=1S/C8H10N4S/c1-11-7(2-3-10-11)6-12-4-5-13-8(12)9/h2-5,9H,6H2,1H3. The molecule has 0 spiro atoms. The minimum absolute atomic E-state index is 0.571. The van der Waals surface area contributed by atoms with E-state index in [0.29, 0.717) is 4.80 Å². The quantitative estimate of drug-likeness (QED) is 0.755. The second kappa shape index (κ2) is 3.18. The van der Waals surface area contributed by atoms with Crippen molar-refractivity contribution in [2.24, 2.45) is 7.05 Å². The lowest BCUT2D eigenvalue weighted by atomic mass is 10.4. The van der Waals surface area contributed by atoms with Crippen LogP contribution >= 0.6 is 11.3 Å².